The highest BCUT2D eigenvalue weighted by molar-refractivity contribution is 5.70. The molecule has 2 aromatic rings. The van der Waals surface area contributed by atoms with Crippen molar-refractivity contribution < 1.29 is 82.3 Å². The normalized spacial score (nSPS) is 11.3. The summed E-state index contributed by atoms with van der Waals surface area (Å²) in [4.78, 5) is 32.9. The van der Waals surface area contributed by atoms with E-state index in [4.69, 9.17) is 52.3 Å². The summed E-state index contributed by atoms with van der Waals surface area (Å²) in [5.74, 6) is -2.89. The van der Waals surface area contributed by atoms with Gasteiger partial charge in [0.15, 0.2) is 0 Å². The van der Waals surface area contributed by atoms with Gasteiger partial charge in [-0.05, 0) is 0 Å². The molecular formula is C30H48N2O17. The predicted molar refractivity (Wildman–Crippen MR) is 165 cm³/mol. The van der Waals surface area contributed by atoms with E-state index in [0.717, 1.165) is 0 Å². The van der Waals surface area contributed by atoms with E-state index in [-0.39, 0.29) is 62.8 Å². The first-order valence-corrected chi connectivity index (χ1v) is 15.7. The topological polar surface area (TPSA) is 226 Å². The second-order valence-corrected chi connectivity index (χ2v) is 9.63. The van der Waals surface area contributed by atoms with Crippen LogP contribution in [0.1, 0.15) is 12.8 Å². The lowest BCUT2D eigenvalue weighted by Crippen LogP contribution is -2.20. The highest BCUT2D eigenvalue weighted by Crippen LogP contribution is 2.19. The number of carbonyl (C=O) groups excluding carboxylic acids is 2. The van der Waals surface area contributed by atoms with Gasteiger partial charge in [0, 0.05) is 24.3 Å². The smallest absolute Gasteiger partial charge is 0.335 e. The zero-order valence-electron chi connectivity index (χ0n) is 27.4. The van der Waals surface area contributed by atoms with Gasteiger partial charge in [-0.25, -0.2) is 9.59 Å². The van der Waals surface area contributed by atoms with Crippen LogP contribution in [0.2, 0.25) is 0 Å². The van der Waals surface area contributed by atoms with Gasteiger partial charge >= 0.3 is 11.9 Å². The highest BCUT2D eigenvalue weighted by Gasteiger charge is 2.13. The monoisotopic (exact) mass is 708 g/mol. The van der Waals surface area contributed by atoms with Crippen LogP contribution in [0.3, 0.4) is 0 Å². The van der Waals surface area contributed by atoms with E-state index in [1.807, 2.05) is 0 Å². The van der Waals surface area contributed by atoms with Crippen molar-refractivity contribution in [2.45, 2.75) is 12.8 Å². The number of nitrogens with zero attached hydrogens (tertiary/aromatic N) is 2. The molecule has 0 aliphatic carbocycles. The van der Waals surface area contributed by atoms with Crippen molar-refractivity contribution in [3.63, 3.8) is 0 Å². The molecule has 0 spiro atoms. The first kappa shape index (κ1) is 41.5. The van der Waals surface area contributed by atoms with Crippen molar-refractivity contribution >= 4 is 11.9 Å². The van der Waals surface area contributed by atoms with Crippen molar-refractivity contribution in [3.05, 3.63) is 24.3 Å². The molecule has 0 amide bonds. The standard InChI is InChI=1S/C30H48N2O17/c33-25-1-2-26(34)31(25)48-29(37)5-7-39-9-11-41-13-15-43-17-19-45-21-23-47-24-22-46-20-18-44-16-14-42-12-10-40-8-6-30(38)49-32-27(35)3-4-28(32)36/h1-4,33-36H,5-24H2. The Kier molecular flexibility index (Phi) is 23.0. The van der Waals surface area contributed by atoms with Crippen LogP contribution in [-0.2, 0) is 52.2 Å². The molecule has 0 radical (unpaired) electrons. The highest BCUT2D eigenvalue weighted by atomic mass is 16.7. The minimum atomic E-state index is -0.669. The van der Waals surface area contributed by atoms with Crippen LogP contribution >= 0.6 is 0 Å². The third kappa shape index (κ3) is 20.5. The maximum atomic E-state index is 11.7. The number of rotatable bonds is 32. The Balaban J connectivity index is 1.19. The molecule has 0 unspecified atom stereocenters. The number of carbonyl (C=O) groups is 2. The first-order valence-electron chi connectivity index (χ1n) is 15.7. The van der Waals surface area contributed by atoms with Gasteiger partial charge in [0.2, 0.25) is 23.5 Å². The molecule has 0 aliphatic rings. The molecule has 0 aromatic carbocycles. The van der Waals surface area contributed by atoms with Gasteiger partial charge in [-0.1, -0.05) is 0 Å². The summed E-state index contributed by atoms with van der Waals surface area (Å²) in [5.41, 5.74) is 0. The fraction of sp³-hybridized carbons (Fsp3) is 0.667. The van der Waals surface area contributed by atoms with Crippen molar-refractivity contribution in [1.29, 1.82) is 0 Å². The molecular weight excluding hydrogens is 660 g/mol. The Morgan fingerprint density at radius 1 is 0.367 bits per heavy atom. The maximum absolute atomic E-state index is 11.7. The summed E-state index contributed by atoms with van der Waals surface area (Å²) in [5, 5.41) is 37.7. The van der Waals surface area contributed by atoms with Crippen LogP contribution in [0, 0.1) is 0 Å². The van der Waals surface area contributed by atoms with Gasteiger partial charge in [0.1, 0.15) is 0 Å². The minimum Gasteiger partial charge on any atom is -0.492 e. The van der Waals surface area contributed by atoms with Gasteiger partial charge < -0.3 is 72.7 Å². The molecule has 19 heteroatoms. The van der Waals surface area contributed by atoms with Crippen LogP contribution in [0.4, 0.5) is 0 Å². The number of hydrogen-bond acceptors (Lipinski definition) is 17. The number of aromatic nitrogens is 2. The van der Waals surface area contributed by atoms with E-state index in [9.17, 15) is 30.0 Å². The van der Waals surface area contributed by atoms with Crippen LogP contribution in [-0.4, -0.2) is 161 Å². The van der Waals surface area contributed by atoms with E-state index in [1.54, 1.807) is 0 Å². The Morgan fingerprint density at radius 2 is 0.551 bits per heavy atom. The summed E-state index contributed by atoms with van der Waals surface area (Å²) < 4.78 is 49.7. The van der Waals surface area contributed by atoms with Crippen molar-refractivity contribution in [2.75, 3.05) is 119 Å². The van der Waals surface area contributed by atoms with Crippen LogP contribution in [0.25, 0.3) is 0 Å². The Morgan fingerprint density at radius 3 is 0.755 bits per heavy atom. The SMILES string of the molecule is O=C(CCOCCOCCOCCOCCOCCOCCOCCOCCOCCC(=O)On1c(O)ccc1O)On1c(O)ccc1O. The third-order valence-corrected chi connectivity index (χ3v) is 5.86. The van der Waals surface area contributed by atoms with Gasteiger partial charge in [0.05, 0.1) is 132 Å². The molecule has 0 atom stereocenters. The van der Waals surface area contributed by atoms with Crippen molar-refractivity contribution in [2.24, 2.45) is 0 Å². The molecule has 2 heterocycles. The summed E-state index contributed by atoms with van der Waals surface area (Å²) in [7, 11) is 0. The average Bonchev–Trinajstić information content (AvgIpc) is 3.57. The lowest BCUT2D eigenvalue weighted by Gasteiger charge is -2.09. The van der Waals surface area contributed by atoms with Crippen LogP contribution in [0.5, 0.6) is 23.5 Å². The van der Waals surface area contributed by atoms with Gasteiger partial charge in [-0.15, -0.1) is 9.46 Å². The quantitative estimate of drug-likeness (QED) is 0.0713. The predicted octanol–water partition coefficient (Wildman–Crippen LogP) is -0.348. The second-order valence-electron chi connectivity index (χ2n) is 9.63. The van der Waals surface area contributed by atoms with Crippen LogP contribution in [0.15, 0.2) is 24.3 Å². The zero-order chi connectivity index (χ0) is 35.4. The summed E-state index contributed by atoms with van der Waals surface area (Å²) >= 11 is 0. The fourth-order valence-electron chi connectivity index (χ4n) is 3.46. The number of aromatic hydroxyl groups is 4. The van der Waals surface area contributed by atoms with Crippen molar-refractivity contribution in [1.82, 2.24) is 9.46 Å². The number of hydrogen-bond donors (Lipinski definition) is 4. The largest absolute Gasteiger partial charge is 0.492 e. The van der Waals surface area contributed by atoms with Crippen molar-refractivity contribution in [3.8, 4) is 23.5 Å². The molecule has 49 heavy (non-hydrogen) atoms. The van der Waals surface area contributed by atoms with E-state index >= 15 is 0 Å². The zero-order valence-corrected chi connectivity index (χ0v) is 27.4. The molecule has 0 saturated carbocycles. The van der Waals surface area contributed by atoms with Crippen LogP contribution < -0.4 is 9.68 Å². The second kappa shape index (κ2) is 27.2. The molecule has 0 saturated heterocycles. The summed E-state index contributed by atoms with van der Waals surface area (Å²) in [6.07, 6.45) is -0.114. The fourth-order valence-corrected chi connectivity index (χ4v) is 3.46. The summed E-state index contributed by atoms with van der Waals surface area (Å²) in [6, 6.07) is 4.77. The lowest BCUT2D eigenvalue weighted by atomic mass is 10.5. The van der Waals surface area contributed by atoms with E-state index < -0.39 is 11.9 Å². The Bertz CT molecular complexity index is 1020. The molecule has 280 valence electrons. The Labute approximate surface area is 283 Å². The molecule has 19 nitrogen and oxygen atoms in total. The molecule has 2 rings (SSSR count). The van der Waals surface area contributed by atoms with E-state index in [1.165, 1.54) is 24.3 Å². The summed E-state index contributed by atoms with van der Waals surface area (Å²) in [6.45, 7) is 6.46. The molecule has 0 aliphatic heterocycles. The van der Waals surface area contributed by atoms with Gasteiger partial charge in [0.25, 0.3) is 0 Å². The molecule has 0 bridgehead atoms. The number of ether oxygens (including phenoxy) is 9. The Hall–Kier alpha value is -3.66. The molecule has 4 N–H and O–H groups in total. The molecule has 2 aromatic heterocycles. The van der Waals surface area contributed by atoms with Gasteiger partial charge in [-0.2, -0.15) is 0 Å². The third-order valence-electron chi connectivity index (χ3n) is 5.86. The maximum Gasteiger partial charge on any atom is 0.335 e. The van der Waals surface area contributed by atoms with E-state index in [0.29, 0.717) is 102 Å². The first-order chi connectivity index (χ1) is 23.9. The lowest BCUT2D eigenvalue weighted by molar-refractivity contribution is -0.147. The van der Waals surface area contributed by atoms with E-state index in [2.05, 4.69) is 0 Å². The van der Waals surface area contributed by atoms with Gasteiger partial charge in [-0.3, -0.25) is 0 Å². The average molecular weight is 709 g/mol. The molecule has 0 fully saturated rings. The minimum absolute atomic E-state index is 0.0570.